The zero-order valence-corrected chi connectivity index (χ0v) is 14.1. The van der Waals surface area contributed by atoms with Crippen LogP contribution in [-0.2, 0) is 4.79 Å². The highest BCUT2D eigenvalue weighted by molar-refractivity contribution is 5.91. The molecule has 0 atom stereocenters. The predicted octanol–water partition coefficient (Wildman–Crippen LogP) is 4.18. The molecule has 2 aromatic rings. The van der Waals surface area contributed by atoms with Gasteiger partial charge in [0.25, 0.3) is 0 Å². The predicted molar refractivity (Wildman–Crippen MR) is 94.1 cm³/mol. The van der Waals surface area contributed by atoms with Gasteiger partial charge in [-0.15, -0.1) is 0 Å². The molecule has 5 nitrogen and oxygen atoms in total. The molecule has 0 radical (unpaired) electrons. The lowest BCUT2D eigenvalue weighted by Gasteiger charge is -2.15. The van der Waals surface area contributed by atoms with Gasteiger partial charge >= 0.3 is 11.9 Å². The van der Waals surface area contributed by atoms with E-state index in [1.54, 1.807) is 42.5 Å². The van der Waals surface area contributed by atoms with Gasteiger partial charge in [0.05, 0.1) is 12.2 Å². The maximum atomic E-state index is 12.3. The highest BCUT2D eigenvalue weighted by Crippen LogP contribution is 2.38. The number of hydrogen-bond acceptors (Lipinski definition) is 5. The first-order valence-electron chi connectivity index (χ1n) is 8.03. The summed E-state index contributed by atoms with van der Waals surface area (Å²) in [7, 11) is 0. The fourth-order valence-electron chi connectivity index (χ4n) is 2.00. The average molecular weight is 340 g/mol. The Bertz CT molecular complexity index is 737. The van der Waals surface area contributed by atoms with Gasteiger partial charge in [0.15, 0.2) is 11.5 Å². The average Bonchev–Trinajstić information content (AvgIpc) is 2.64. The molecule has 0 heterocycles. The zero-order valence-electron chi connectivity index (χ0n) is 14.1. The van der Waals surface area contributed by atoms with Crippen molar-refractivity contribution < 1.29 is 23.8 Å². The Balaban J connectivity index is 2.28. The van der Waals surface area contributed by atoms with Gasteiger partial charge in [-0.1, -0.05) is 44.2 Å². The summed E-state index contributed by atoms with van der Waals surface area (Å²) in [4.78, 5) is 23.8. The van der Waals surface area contributed by atoms with Crippen LogP contribution in [0.3, 0.4) is 0 Å². The van der Waals surface area contributed by atoms with Gasteiger partial charge in [0, 0.05) is 6.08 Å². The topological polar surface area (TPSA) is 61.8 Å². The highest BCUT2D eigenvalue weighted by Gasteiger charge is 2.18. The minimum atomic E-state index is -0.619. The second-order valence-electron chi connectivity index (χ2n) is 5.17. The molecule has 0 aliphatic heterocycles. The summed E-state index contributed by atoms with van der Waals surface area (Å²) in [5.41, 5.74) is 0.412. The van der Waals surface area contributed by atoms with Crippen molar-refractivity contribution in [2.75, 3.05) is 6.61 Å². The lowest BCUT2D eigenvalue weighted by Crippen LogP contribution is -2.11. The first-order chi connectivity index (χ1) is 12.2. The van der Waals surface area contributed by atoms with Crippen molar-refractivity contribution in [2.45, 2.75) is 19.8 Å². The standard InChI is InChI=1S/C20H20O5/c1-3-5-14-23-19-16(24-18(21)4-2)12-9-13-17(19)25-20(22)15-10-7-6-8-11-15/h4,6-13H,2-3,5,14H2,1H3. The number of rotatable bonds is 8. The Hall–Kier alpha value is -3.08. The van der Waals surface area contributed by atoms with Crippen molar-refractivity contribution in [1.29, 1.82) is 0 Å². The van der Waals surface area contributed by atoms with Gasteiger partial charge in [0.2, 0.25) is 5.75 Å². The molecule has 0 saturated heterocycles. The van der Waals surface area contributed by atoms with Crippen molar-refractivity contribution in [1.82, 2.24) is 0 Å². The van der Waals surface area contributed by atoms with Crippen molar-refractivity contribution >= 4 is 11.9 Å². The Kier molecular flexibility index (Phi) is 6.77. The largest absolute Gasteiger partial charge is 0.486 e. The Morgan fingerprint density at radius 1 is 1.00 bits per heavy atom. The van der Waals surface area contributed by atoms with E-state index in [4.69, 9.17) is 14.2 Å². The number of unbranched alkanes of at least 4 members (excludes halogenated alkanes) is 1. The van der Waals surface area contributed by atoms with Crippen LogP contribution in [0, 0.1) is 0 Å². The summed E-state index contributed by atoms with van der Waals surface area (Å²) in [5.74, 6) is -0.547. The maximum absolute atomic E-state index is 12.3. The first-order valence-corrected chi connectivity index (χ1v) is 8.03. The number of benzene rings is 2. The summed E-state index contributed by atoms with van der Waals surface area (Å²) in [6, 6.07) is 13.4. The molecule has 0 aliphatic rings. The molecule has 0 aliphatic carbocycles. The van der Waals surface area contributed by atoms with Gasteiger partial charge in [-0.2, -0.15) is 0 Å². The number of esters is 2. The number of carbonyl (C=O) groups is 2. The minimum Gasteiger partial charge on any atom is -0.486 e. The fourth-order valence-corrected chi connectivity index (χ4v) is 2.00. The van der Waals surface area contributed by atoms with E-state index in [0.29, 0.717) is 12.2 Å². The molecular formula is C20H20O5. The Morgan fingerprint density at radius 3 is 2.32 bits per heavy atom. The van der Waals surface area contributed by atoms with Crippen LogP contribution in [0.1, 0.15) is 30.1 Å². The molecular weight excluding hydrogens is 320 g/mol. The zero-order chi connectivity index (χ0) is 18.1. The molecule has 0 N–H and O–H groups in total. The maximum Gasteiger partial charge on any atom is 0.343 e. The van der Waals surface area contributed by atoms with E-state index < -0.39 is 11.9 Å². The van der Waals surface area contributed by atoms with Crippen LogP contribution >= 0.6 is 0 Å². The molecule has 0 aromatic heterocycles. The van der Waals surface area contributed by atoms with Crippen molar-refractivity contribution in [2.24, 2.45) is 0 Å². The van der Waals surface area contributed by atoms with Gasteiger partial charge in [-0.05, 0) is 30.7 Å². The lowest BCUT2D eigenvalue weighted by molar-refractivity contribution is -0.129. The summed E-state index contributed by atoms with van der Waals surface area (Å²) in [6.07, 6.45) is 2.81. The minimum absolute atomic E-state index is 0.180. The van der Waals surface area contributed by atoms with E-state index in [1.807, 2.05) is 13.0 Å². The van der Waals surface area contributed by atoms with Crippen molar-refractivity contribution in [3.05, 3.63) is 66.7 Å². The van der Waals surface area contributed by atoms with Crippen LogP contribution < -0.4 is 14.2 Å². The summed E-state index contributed by atoms with van der Waals surface area (Å²) in [6.45, 7) is 5.81. The second-order valence-corrected chi connectivity index (χ2v) is 5.17. The molecule has 2 rings (SSSR count). The number of ether oxygens (including phenoxy) is 3. The number of para-hydroxylation sites is 1. The smallest absolute Gasteiger partial charge is 0.343 e. The Morgan fingerprint density at radius 2 is 1.68 bits per heavy atom. The molecule has 130 valence electrons. The van der Waals surface area contributed by atoms with E-state index in [9.17, 15) is 9.59 Å². The number of carbonyl (C=O) groups excluding carboxylic acids is 2. The molecule has 5 heteroatoms. The molecule has 0 spiro atoms. The lowest BCUT2D eigenvalue weighted by atomic mass is 10.2. The van der Waals surface area contributed by atoms with Gasteiger partial charge in [0.1, 0.15) is 0 Å². The van der Waals surface area contributed by atoms with Crippen LogP contribution in [0.15, 0.2) is 61.2 Å². The van der Waals surface area contributed by atoms with Gasteiger partial charge < -0.3 is 14.2 Å². The molecule has 2 aromatic carbocycles. The number of hydrogen-bond donors (Lipinski definition) is 0. The molecule has 0 amide bonds. The van der Waals surface area contributed by atoms with Crippen LogP contribution in [0.4, 0.5) is 0 Å². The summed E-state index contributed by atoms with van der Waals surface area (Å²) in [5, 5.41) is 0. The van der Waals surface area contributed by atoms with Crippen LogP contribution in [0.2, 0.25) is 0 Å². The van der Waals surface area contributed by atoms with E-state index in [2.05, 4.69) is 6.58 Å². The molecule has 0 saturated carbocycles. The third-order valence-corrected chi connectivity index (χ3v) is 3.28. The van der Waals surface area contributed by atoms with E-state index in [-0.39, 0.29) is 17.2 Å². The van der Waals surface area contributed by atoms with E-state index in [1.165, 1.54) is 0 Å². The van der Waals surface area contributed by atoms with Gasteiger partial charge in [-0.3, -0.25) is 0 Å². The molecule has 0 unspecified atom stereocenters. The van der Waals surface area contributed by atoms with Crippen LogP contribution in [-0.4, -0.2) is 18.5 Å². The highest BCUT2D eigenvalue weighted by atomic mass is 16.6. The normalized spacial score (nSPS) is 9.96. The molecule has 25 heavy (non-hydrogen) atoms. The third-order valence-electron chi connectivity index (χ3n) is 3.28. The quantitative estimate of drug-likeness (QED) is 0.312. The van der Waals surface area contributed by atoms with Crippen molar-refractivity contribution in [3.63, 3.8) is 0 Å². The first kappa shape index (κ1) is 18.3. The summed E-state index contributed by atoms with van der Waals surface area (Å²) < 4.78 is 16.3. The SMILES string of the molecule is C=CC(=O)Oc1cccc(OC(=O)c2ccccc2)c1OCCCC. The van der Waals surface area contributed by atoms with Gasteiger partial charge in [-0.25, -0.2) is 9.59 Å². The van der Waals surface area contributed by atoms with E-state index in [0.717, 1.165) is 18.9 Å². The summed E-state index contributed by atoms with van der Waals surface area (Å²) >= 11 is 0. The molecule has 0 fully saturated rings. The van der Waals surface area contributed by atoms with Crippen LogP contribution in [0.25, 0.3) is 0 Å². The van der Waals surface area contributed by atoms with Crippen LogP contribution in [0.5, 0.6) is 17.2 Å². The third kappa shape index (κ3) is 5.21. The monoisotopic (exact) mass is 340 g/mol. The molecule has 0 bridgehead atoms. The van der Waals surface area contributed by atoms with E-state index >= 15 is 0 Å². The Labute approximate surface area is 146 Å². The fraction of sp³-hybridized carbons (Fsp3) is 0.200. The van der Waals surface area contributed by atoms with Crippen molar-refractivity contribution in [3.8, 4) is 17.2 Å². The second kappa shape index (κ2) is 9.27.